The van der Waals surface area contributed by atoms with Crippen molar-refractivity contribution >= 4 is 23.6 Å². The van der Waals surface area contributed by atoms with E-state index in [9.17, 15) is 4.79 Å². The number of carbonyl (C=O) groups is 1. The van der Waals surface area contributed by atoms with Crippen LogP contribution in [0.1, 0.15) is 32.1 Å². The minimum absolute atomic E-state index is 0.0211. The Balaban J connectivity index is 1.58. The van der Waals surface area contributed by atoms with Gasteiger partial charge < -0.3 is 4.90 Å². The number of hydrogen-bond acceptors (Lipinski definition) is 3. The molecule has 0 saturated carbocycles. The number of amides is 2. The molecule has 1 saturated heterocycles. The van der Waals surface area contributed by atoms with Crippen LogP contribution < -0.4 is 5.32 Å². The van der Waals surface area contributed by atoms with Crippen LogP contribution in [0.15, 0.2) is 24.4 Å². The van der Waals surface area contributed by atoms with Crippen LogP contribution in [0.25, 0.3) is 0 Å². The van der Waals surface area contributed by atoms with Crippen molar-refractivity contribution in [3.63, 3.8) is 0 Å². The zero-order valence-electron chi connectivity index (χ0n) is 13.8. The average molecular weight is 334 g/mol. The van der Waals surface area contributed by atoms with Crippen molar-refractivity contribution in [2.75, 3.05) is 23.9 Å². The predicted octanol–water partition coefficient (Wildman–Crippen LogP) is 3.60. The van der Waals surface area contributed by atoms with Gasteiger partial charge in [0.1, 0.15) is 5.82 Å². The maximum absolute atomic E-state index is 12.5. The molecule has 0 spiro atoms. The summed E-state index contributed by atoms with van der Waals surface area (Å²) in [5, 5.41) is 7.43. The summed E-state index contributed by atoms with van der Waals surface area (Å²) in [6.07, 6.45) is 11.9. The Hall–Kier alpha value is -1.43. The molecule has 23 heavy (non-hydrogen) atoms. The standard InChI is InChI=1S/C17H26N4OS/c1-20(15-8-11-23-12-9-15)17(22)19-16-7-10-18-21(16)13-14-5-3-2-4-6-14/h2-3,7,10,14-15H,4-6,8-9,11-13H2,1H3,(H,19,22). The third-order valence-electron chi connectivity index (χ3n) is 4.82. The molecule has 1 aromatic heterocycles. The summed E-state index contributed by atoms with van der Waals surface area (Å²) < 4.78 is 1.94. The predicted molar refractivity (Wildman–Crippen MR) is 95.8 cm³/mol. The summed E-state index contributed by atoms with van der Waals surface area (Å²) >= 11 is 1.98. The Morgan fingerprint density at radius 1 is 1.39 bits per heavy atom. The number of nitrogens with zero attached hydrogens (tertiary/aromatic N) is 3. The van der Waals surface area contributed by atoms with E-state index in [-0.39, 0.29) is 6.03 Å². The molecule has 6 heteroatoms. The number of thioether (sulfide) groups is 1. The van der Waals surface area contributed by atoms with Gasteiger partial charge in [-0.3, -0.25) is 5.32 Å². The van der Waals surface area contributed by atoms with E-state index in [0.717, 1.165) is 49.6 Å². The van der Waals surface area contributed by atoms with Crippen molar-refractivity contribution in [2.24, 2.45) is 5.92 Å². The fourth-order valence-corrected chi connectivity index (χ4v) is 4.37. The minimum Gasteiger partial charge on any atom is -0.325 e. The number of aromatic nitrogens is 2. The van der Waals surface area contributed by atoms with Crippen LogP contribution in [0.5, 0.6) is 0 Å². The van der Waals surface area contributed by atoms with Crippen LogP contribution >= 0.6 is 11.8 Å². The normalized spacial score (nSPS) is 22.0. The van der Waals surface area contributed by atoms with Crippen molar-refractivity contribution in [1.82, 2.24) is 14.7 Å². The highest BCUT2D eigenvalue weighted by Gasteiger charge is 2.23. The average Bonchev–Trinajstić information content (AvgIpc) is 3.02. The number of hydrogen-bond donors (Lipinski definition) is 1. The molecule has 0 bridgehead atoms. The zero-order valence-corrected chi connectivity index (χ0v) is 14.6. The lowest BCUT2D eigenvalue weighted by Gasteiger charge is -2.31. The molecule has 1 N–H and O–H groups in total. The SMILES string of the molecule is CN(C(=O)Nc1ccnn1CC1CC=CCC1)C1CCSCC1. The van der Waals surface area contributed by atoms with Crippen molar-refractivity contribution in [3.8, 4) is 0 Å². The fraction of sp³-hybridized carbons (Fsp3) is 0.647. The highest BCUT2D eigenvalue weighted by atomic mass is 32.2. The summed E-state index contributed by atoms with van der Waals surface area (Å²) in [5.41, 5.74) is 0. The molecule has 1 unspecified atom stereocenters. The largest absolute Gasteiger partial charge is 0.325 e. The topological polar surface area (TPSA) is 50.2 Å². The van der Waals surface area contributed by atoms with E-state index in [1.807, 2.05) is 34.5 Å². The van der Waals surface area contributed by atoms with Gasteiger partial charge in [-0.2, -0.15) is 16.9 Å². The van der Waals surface area contributed by atoms with Crippen LogP contribution in [-0.4, -0.2) is 45.3 Å². The second-order valence-corrected chi connectivity index (χ2v) is 7.66. The number of nitrogens with one attached hydrogen (secondary N) is 1. The Bertz CT molecular complexity index is 551. The molecule has 2 amide bonds. The van der Waals surface area contributed by atoms with Crippen LogP contribution in [0.4, 0.5) is 10.6 Å². The Morgan fingerprint density at radius 3 is 2.96 bits per heavy atom. The molecule has 1 fully saturated rings. The van der Waals surface area contributed by atoms with E-state index in [1.54, 1.807) is 6.20 Å². The van der Waals surface area contributed by atoms with Gasteiger partial charge in [0.05, 0.1) is 6.20 Å². The van der Waals surface area contributed by atoms with Crippen LogP contribution in [0, 0.1) is 5.92 Å². The Kier molecular flexibility index (Phi) is 5.65. The zero-order chi connectivity index (χ0) is 16.1. The lowest BCUT2D eigenvalue weighted by atomic mass is 9.94. The van der Waals surface area contributed by atoms with E-state index >= 15 is 0 Å². The minimum atomic E-state index is -0.0211. The summed E-state index contributed by atoms with van der Waals surface area (Å²) in [5.74, 6) is 3.72. The smallest absolute Gasteiger partial charge is 0.322 e. The molecule has 2 aliphatic rings. The monoisotopic (exact) mass is 334 g/mol. The van der Waals surface area contributed by atoms with Gasteiger partial charge >= 0.3 is 6.03 Å². The number of rotatable bonds is 4. The van der Waals surface area contributed by atoms with Crippen LogP contribution in [0.3, 0.4) is 0 Å². The molecule has 1 atom stereocenters. The Morgan fingerprint density at radius 2 is 2.22 bits per heavy atom. The molecular weight excluding hydrogens is 308 g/mol. The summed E-state index contributed by atoms with van der Waals surface area (Å²) in [6.45, 7) is 0.872. The van der Waals surface area contributed by atoms with Crippen LogP contribution in [-0.2, 0) is 6.54 Å². The first-order valence-electron chi connectivity index (χ1n) is 8.52. The quantitative estimate of drug-likeness (QED) is 0.856. The van der Waals surface area contributed by atoms with Gasteiger partial charge in [-0.1, -0.05) is 12.2 Å². The Labute approximate surface area is 142 Å². The maximum atomic E-state index is 12.5. The van der Waals surface area contributed by atoms with Crippen molar-refractivity contribution in [3.05, 3.63) is 24.4 Å². The third-order valence-corrected chi connectivity index (χ3v) is 5.87. The fourth-order valence-electron chi connectivity index (χ4n) is 3.29. The van der Waals surface area contributed by atoms with Gasteiger partial charge in [-0.25, -0.2) is 9.48 Å². The summed E-state index contributed by atoms with van der Waals surface area (Å²) in [4.78, 5) is 14.4. The molecule has 5 nitrogen and oxygen atoms in total. The number of urea groups is 1. The molecule has 1 aliphatic carbocycles. The molecular formula is C17H26N4OS. The number of carbonyl (C=O) groups excluding carboxylic acids is 1. The molecule has 0 radical (unpaired) electrons. The van der Waals surface area contributed by atoms with Crippen LogP contribution in [0.2, 0.25) is 0 Å². The van der Waals surface area contributed by atoms with E-state index in [4.69, 9.17) is 0 Å². The first-order valence-corrected chi connectivity index (χ1v) is 9.68. The lowest BCUT2D eigenvalue weighted by molar-refractivity contribution is 0.200. The van der Waals surface area contributed by atoms with Gasteiger partial charge in [0.2, 0.25) is 0 Å². The first-order chi connectivity index (χ1) is 11.2. The van der Waals surface area contributed by atoms with E-state index in [2.05, 4.69) is 22.6 Å². The maximum Gasteiger partial charge on any atom is 0.322 e. The van der Waals surface area contributed by atoms with E-state index < -0.39 is 0 Å². The van der Waals surface area contributed by atoms with Gasteiger partial charge in [-0.05, 0) is 49.5 Å². The molecule has 1 aliphatic heterocycles. The molecule has 3 rings (SSSR count). The van der Waals surface area contributed by atoms with Crippen molar-refractivity contribution in [1.29, 1.82) is 0 Å². The van der Waals surface area contributed by atoms with Crippen molar-refractivity contribution < 1.29 is 4.79 Å². The van der Waals surface area contributed by atoms with E-state index in [0.29, 0.717) is 12.0 Å². The second kappa shape index (κ2) is 7.90. The van der Waals surface area contributed by atoms with Crippen molar-refractivity contribution in [2.45, 2.75) is 44.7 Å². The summed E-state index contributed by atoms with van der Waals surface area (Å²) in [6, 6.07) is 2.23. The second-order valence-electron chi connectivity index (χ2n) is 6.43. The third kappa shape index (κ3) is 4.31. The van der Waals surface area contributed by atoms with Gasteiger partial charge in [-0.15, -0.1) is 0 Å². The first kappa shape index (κ1) is 16.4. The van der Waals surface area contributed by atoms with Gasteiger partial charge in [0.25, 0.3) is 0 Å². The molecule has 126 valence electrons. The van der Waals surface area contributed by atoms with Gasteiger partial charge in [0, 0.05) is 25.7 Å². The molecule has 0 aromatic carbocycles. The highest BCUT2D eigenvalue weighted by molar-refractivity contribution is 7.99. The summed E-state index contributed by atoms with van der Waals surface area (Å²) in [7, 11) is 1.91. The molecule has 1 aromatic rings. The van der Waals surface area contributed by atoms with Gasteiger partial charge in [0.15, 0.2) is 0 Å². The molecule has 2 heterocycles. The number of allylic oxidation sites excluding steroid dienone is 2. The highest BCUT2D eigenvalue weighted by Crippen LogP contribution is 2.23. The lowest BCUT2D eigenvalue weighted by Crippen LogP contribution is -2.42. The number of anilines is 1. The van der Waals surface area contributed by atoms with E-state index in [1.165, 1.54) is 6.42 Å².